The second kappa shape index (κ2) is 12.9. The number of sulfonamides is 1. The number of nitrogens with zero attached hydrogens (tertiary/aromatic N) is 3. The fraction of sp³-hybridized carbons (Fsp3) is 0.548. The molecular formula is C31H43N3O6S. The van der Waals surface area contributed by atoms with Crippen molar-refractivity contribution in [3.8, 4) is 16.9 Å². The second-order valence-corrected chi connectivity index (χ2v) is 13.6. The Morgan fingerprint density at radius 2 is 1.66 bits per heavy atom. The first kappa shape index (κ1) is 31.0. The van der Waals surface area contributed by atoms with Crippen molar-refractivity contribution in [2.24, 2.45) is 11.8 Å². The van der Waals surface area contributed by atoms with Gasteiger partial charge in [-0.15, -0.1) is 0 Å². The maximum atomic E-state index is 13.8. The van der Waals surface area contributed by atoms with Crippen molar-refractivity contribution in [1.82, 2.24) is 14.1 Å². The summed E-state index contributed by atoms with van der Waals surface area (Å²) >= 11 is 0. The fourth-order valence-electron chi connectivity index (χ4n) is 5.71. The fourth-order valence-corrected chi connectivity index (χ4v) is 7.53. The molecular weight excluding hydrogens is 542 g/mol. The van der Waals surface area contributed by atoms with Crippen LogP contribution < -0.4 is 4.74 Å². The smallest absolute Gasteiger partial charge is 0.253 e. The Kier molecular flexibility index (Phi) is 9.77. The number of rotatable bonds is 7. The summed E-state index contributed by atoms with van der Waals surface area (Å²) < 4.78 is 35.5. The van der Waals surface area contributed by atoms with Gasteiger partial charge in [-0.3, -0.25) is 9.59 Å². The Morgan fingerprint density at radius 3 is 2.27 bits per heavy atom. The molecule has 3 atom stereocenters. The molecule has 1 aliphatic carbocycles. The highest BCUT2D eigenvalue weighted by molar-refractivity contribution is 7.89. The van der Waals surface area contributed by atoms with Crippen molar-refractivity contribution < 1.29 is 27.9 Å². The molecule has 0 aromatic heterocycles. The molecule has 0 bridgehead atoms. The Balaban J connectivity index is 1.70. The third kappa shape index (κ3) is 6.76. The minimum Gasteiger partial charge on any atom is -0.487 e. The van der Waals surface area contributed by atoms with Crippen LogP contribution in [0.3, 0.4) is 0 Å². The van der Waals surface area contributed by atoms with Crippen LogP contribution in [0.5, 0.6) is 5.75 Å². The van der Waals surface area contributed by atoms with Crippen molar-refractivity contribution in [1.29, 1.82) is 0 Å². The molecule has 9 nitrogen and oxygen atoms in total. The largest absolute Gasteiger partial charge is 0.487 e. The van der Waals surface area contributed by atoms with E-state index in [1.807, 2.05) is 19.1 Å². The maximum absolute atomic E-state index is 13.8. The molecule has 0 spiro atoms. The Hall–Kier alpha value is -2.95. The summed E-state index contributed by atoms with van der Waals surface area (Å²) in [4.78, 5) is 28.9. The number of hydrogen-bond donors (Lipinski definition) is 1. The monoisotopic (exact) mass is 585 g/mol. The first-order valence-corrected chi connectivity index (χ1v) is 15.9. The van der Waals surface area contributed by atoms with Crippen molar-refractivity contribution in [2.75, 3.05) is 40.8 Å². The van der Waals surface area contributed by atoms with Crippen LogP contribution in [-0.4, -0.2) is 92.4 Å². The minimum atomic E-state index is -3.98. The third-order valence-corrected chi connectivity index (χ3v) is 10.3. The average molecular weight is 586 g/mol. The SMILES string of the molecule is C[C@H](CO)N1C[C@H](C)[C@@H](CN(C)C(=O)C2CCCCC2)Oc2cc(-c3ccc(C(=O)N(C)C)cc3)ccc2S1(=O)=O. The van der Waals surface area contributed by atoms with E-state index in [9.17, 15) is 23.1 Å². The predicted octanol–water partition coefficient (Wildman–Crippen LogP) is 3.86. The summed E-state index contributed by atoms with van der Waals surface area (Å²) in [5.41, 5.74) is 2.10. The van der Waals surface area contributed by atoms with Crippen LogP contribution >= 0.6 is 0 Å². The zero-order valence-electron chi connectivity index (χ0n) is 24.7. The maximum Gasteiger partial charge on any atom is 0.253 e. The van der Waals surface area contributed by atoms with Crippen LogP contribution in [0.1, 0.15) is 56.3 Å². The summed E-state index contributed by atoms with van der Waals surface area (Å²) in [6.45, 7) is 3.77. The number of hydrogen-bond acceptors (Lipinski definition) is 6. The van der Waals surface area contributed by atoms with Crippen LogP contribution in [0.25, 0.3) is 11.1 Å². The quantitative estimate of drug-likeness (QED) is 0.529. The van der Waals surface area contributed by atoms with Crippen molar-refractivity contribution in [2.45, 2.75) is 63.0 Å². The van der Waals surface area contributed by atoms with E-state index < -0.39 is 22.2 Å². The van der Waals surface area contributed by atoms with Gasteiger partial charge in [0.25, 0.3) is 5.91 Å². The highest BCUT2D eigenvalue weighted by atomic mass is 32.2. The van der Waals surface area contributed by atoms with Crippen LogP contribution in [0.15, 0.2) is 47.4 Å². The molecule has 0 unspecified atom stereocenters. The third-order valence-electron chi connectivity index (χ3n) is 8.32. The highest BCUT2D eigenvalue weighted by Crippen LogP contribution is 2.37. The number of ether oxygens (including phenoxy) is 1. The van der Waals surface area contributed by atoms with E-state index in [1.54, 1.807) is 63.3 Å². The summed E-state index contributed by atoms with van der Waals surface area (Å²) in [5, 5.41) is 9.92. The molecule has 224 valence electrons. The molecule has 0 saturated heterocycles. The van der Waals surface area contributed by atoms with E-state index in [1.165, 1.54) is 9.21 Å². The lowest BCUT2D eigenvalue weighted by Gasteiger charge is -2.38. The molecule has 2 amide bonds. The van der Waals surface area contributed by atoms with Crippen molar-refractivity contribution in [3.63, 3.8) is 0 Å². The predicted molar refractivity (Wildman–Crippen MR) is 158 cm³/mol. The minimum absolute atomic E-state index is 0.0186. The van der Waals surface area contributed by atoms with Crippen LogP contribution in [-0.2, 0) is 14.8 Å². The summed E-state index contributed by atoms with van der Waals surface area (Å²) in [6.07, 6.45) is 4.62. The highest BCUT2D eigenvalue weighted by Gasteiger charge is 2.39. The normalized spacial score (nSPS) is 22.0. The number of fused-ring (bicyclic) bond motifs is 1. The van der Waals surface area contributed by atoms with Crippen molar-refractivity contribution in [3.05, 3.63) is 48.0 Å². The molecule has 1 aliphatic heterocycles. The number of amides is 2. The van der Waals surface area contributed by atoms with Gasteiger partial charge in [-0.25, -0.2) is 8.42 Å². The summed E-state index contributed by atoms with van der Waals surface area (Å²) in [7, 11) is 1.21. The van der Waals surface area contributed by atoms with Gasteiger partial charge in [0.05, 0.1) is 13.2 Å². The molecule has 2 aromatic rings. The zero-order valence-corrected chi connectivity index (χ0v) is 25.6. The van der Waals surface area contributed by atoms with Gasteiger partial charge in [0.2, 0.25) is 15.9 Å². The van der Waals surface area contributed by atoms with E-state index in [-0.39, 0.29) is 47.4 Å². The number of aliphatic hydroxyl groups excluding tert-OH is 1. The van der Waals surface area contributed by atoms with Gasteiger partial charge in [-0.1, -0.05) is 44.4 Å². The molecule has 41 heavy (non-hydrogen) atoms. The molecule has 0 radical (unpaired) electrons. The molecule has 1 heterocycles. The Labute approximate surface area is 244 Å². The molecule has 2 aliphatic rings. The van der Waals surface area contributed by atoms with Gasteiger partial charge in [-0.2, -0.15) is 4.31 Å². The standard InChI is InChI=1S/C31H43N3O6S/c1-21-18-34(22(2)20-35)41(38,39)29-16-15-26(23-11-13-25(14-12-23)30(36)32(3)4)17-27(29)40-28(21)19-33(5)31(37)24-9-7-6-8-10-24/h11-17,21-22,24,28,35H,6-10,18-20H2,1-5H3/t21-,22+,28+/m0/s1. The van der Waals surface area contributed by atoms with Crippen LogP contribution in [0, 0.1) is 11.8 Å². The summed E-state index contributed by atoms with van der Waals surface area (Å²) in [6, 6.07) is 11.5. The van der Waals surface area contributed by atoms with Gasteiger partial charge in [0, 0.05) is 51.1 Å². The molecule has 1 N–H and O–H groups in total. The number of aliphatic hydroxyl groups is 1. The first-order chi connectivity index (χ1) is 19.4. The average Bonchev–Trinajstić information content (AvgIpc) is 2.97. The lowest BCUT2D eigenvalue weighted by Crippen LogP contribution is -2.50. The number of carbonyl (C=O) groups excluding carboxylic acids is 2. The molecule has 10 heteroatoms. The van der Waals surface area contributed by atoms with Gasteiger partial charge in [0.1, 0.15) is 16.7 Å². The van der Waals surface area contributed by atoms with Crippen LogP contribution in [0.4, 0.5) is 0 Å². The Bertz CT molecular complexity index is 1340. The number of benzene rings is 2. The van der Waals surface area contributed by atoms with E-state index in [4.69, 9.17) is 4.74 Å². The van der Waals surface area contributed by atoms with E-state index >= 15 is 0 Å². The molecule has 2 aromatic carbocycles. The zero-order chi connectivity index (χ0) is 29.9. The number of carbonyl (C=O) groups is 2. The van der Waals surface area contributed by atoms with Gasteiger partial charge < -0.3 is 19.6 Å². The van der Waals surface area contributed by atoms with Gasteiger partial charge >= 0.3 is 0 Å². The summed E-state index contributed by atoms with van der Waals surface area (Å²) in [5.74, 6) is -0.0251. The van der Waals surface area contributed by atoms with Crippen molar-refractivity contribution >= 4 is 21.8 Å². The molecule has 1 saturated carbocycles. The van der Waals surface area contributed by atoms with E-state index in [0.29, 0.717) is 12.1 Å². The molecule has 4 rings (SSSR count). The second-order valence-electron chi connectivity index (χ2n) is 11.7. The lowest BCUT2D eigenvalue weighted by molar-refractivity contribution is -0.136. The van der Waals surface area contributed by atoms with Crippen LogP contribution in [0.2, 0.25) is 0 Å². The Morgan fingerprint density at radius 1 is 1.02 bits per heavy atom. The van der Waals surface area contributed by atoms with E-state index in [0.717, 1.165) is 43.2 Å². The lowest BCUT2D eigenvalue weighted by atomic mass is 9.88. The van der Waals surface area contributed by atoms with Gasteiger partial charge in [-0.05, 0) is 55.2 Å². The number of likely N-dealkylation sites (N-methyl/N-ethyl adjacent to an activating group) is 1. The topological polar surface area (TPSA) is 107 Å². The van der Waals surface area contributed by atoms with E-state index in [2.05, 4.69) is 0 Å². The van der Waals surface area contributed by atoms with Gasteiger partial charge in [0.15, 0.2) is 0 Å². The molecule has 1 fully saturated rings. The first-order valence-electron chi connectivity index (χ1n) is 14.4.